The van der Waals surface area contributed by atoms with Gasteiger partial charge in [-0.1, -0.05) is 6.42 Å². The van der Waals surface area contributed by atoms with Crippen molar-refractivity contribution >= 4 is 16.1 Å². The number of rotatable bonds is 7. The number of hydrogen-bond acceptors (Lipinski definition) is 5. The average molecular weight is 289 g/mol. The van der Waals surface area contributed by atoms with Crippen LogP contribution in [0.4, 0.5) is 0 Å². The molecule has 0 N–H and O–H groups in total. The van der Waals surface area contributed by atoms with Gasteiger partial charge in [0.25, 0.3) is 0 Å². The fourth-order valence-corrected chi connectivity index (χ4v) is 4.02. The molecule has 2 rings (SSSR count). The van der Waals surface area contributed by atoms with Crippen molar-refractivity contribution in [3.05, 3.63) is 0 Å². The molecule has 0 radical (unpaired) electrons. The molecule has 2 aliphatic rings. The molecule has 0 aromatic heterocycles. The Bertz CT molecular complexity index is 417. The van der Waals surface area contributed by atoms with Crippen LogP contribution in [0, 0.1) is 17.8 Å². The van der Waals surface area contributed by atoms with Crippen LogP contribution in [0.1, 0.15) is 44.9 Å². The zero-order chi connectivity index (χ0) is 13.9. The van der Waals surface area contributed by atoms with Crippen LogP contribution in [-0.4, -0.2) is 31.3 Å². The number of ether oxygens (including phenoxy) is 1. The lowest BCUT2D eigenvalue weighted by Crippen LogP contribution is -2.17. The first-order valence-corrected chi connectivity index (χ1v) is 8.61. The Kier molecular flexibility index (Phi) is 4.84. The lowest BCUT2D eigenvalue weighted by Gasteiger charge is -2.20. The molecule has 3 unspecified atom stereocenters. The summed E-state index contributed by atoms with van der Waals surface area (Å²) >= 11 is 0. The number of esters is 1. The molecule has 2 fully saturated rings. The first kappa shape index (κ1) is 14.8. The van der Waals surface area contributed by atoms with Crippen molar-refractivity contribution in [2.24, 2.45) is 17.8 Å². The van der Waals surface area contributed by atoms with E-state index in [4.69, 9.17) is 4.74 Å². The Balaban J connectivity index is 1.55. The van der Waals surface area contributed by atoms with E-state index >= 15 is 0 Å². The Morgan fingerprint density at radius 2 is 2.00 bits per heavy atom. The van der Waals surface area contributed by atoms with Crippen LogP contribution in [0.25, 0.3) is 0 Å². The average Bonchev–Trinajstić information content (AvgIpc) is 2.88. The number of carbonyl (C=O) groups is 1. The molecule has 0 aromatic carbocycles. The molecule has 0 aromatic rings. The predicted molar refractivity (Wildman–Crippen MR) is 68.3 cm³/mol. The normalized spacial score (nSPS) is 29.6. The largest absolute Gasteiger partial charge is 0.748 e. The molecule has 5 nitrogen and oxygen atoms in total. The van der Waals surface area contributed by atoms with Crippen molar-refractivity contribution in [1.29, 1.82) is 0 Å². The van der Waals surface area contributed by atoms with E-state index in [0.29, 0.717) is 24.7 Å². The van der Waals surface area contributed by atoms with Crippen molar-refractivity contribution in [2.45, 2.75) is 44.9 Å². The zero-order valence-electron chi connectivity index (χ0n) is 11.0. The van der Waals surface area contributed by atoms with E-state index in [9.17, 15) is 17.8 Å². The lowest BCUT2D eigenvalue weighted by molar-refractivity contribution is -0.145. The van der Waals surface area contributed by atoms with Gasteiger partial charge in [-0.3, -0.25) is 4.79 Å². The van der Waals surface area contributed by atoms with Crippen molar-refractivity contribution in [2.75, 3.05) is 12.4 Å². The summed E-state index contributed by atoms with van der Waals surface area (Å²) in [5.74, 6) is 1.47. The Morgan fingerprint density at radius 1 is 1.21 bits per heavy atom. The van der Waals surface area contributed by atoms with Gasteiger partial charge in [0.1, 0.15) is 0 Å². The second kappa shape index (κ2) is 6.22. The fourth-order valence-electron chi connectivity index (χ4n) is 3.47. The summed E-state index contributed by atoms with van der Waals surface area (Å²) in [7, 11) is -4.14. The molecule has 110 valence electrons. The summed E-state index contributed by atoms with van der Waals surface area (Å²) in [5, 5.41) is 0. The second-order valence-electron chi connectivity index (χ2n) is 5.83. The van der Waals surface area contributed by atoms with Gasteiger partial charge in [-0.05, 0) is 49.9 Å². The van der Waals surface area contributed by atoms with E-state index in [2.05, 4.69) is 0 Å². The quantitative estimate of drug-likeness (QED) is 0.404. The molecule has 0 heterocycles. The minimum Gasteiger partial charge on any atom is -0.748 e. The fraction of sp³-hybridized carbons (Fsp3) is 0.923. The summed E-state index contributed by atoms with van der Waals surface area (Å²) in [4.78, 5) is 11.6. The molecule has 19 heavy (non-hydrogen) atoms. The third kappa shape index (κ3) is 4.76. The SMILES string of the molecule is O=C(CC1CC2CCC1C2)OCCCCS(=O)(=O)[O-]. The molecule has 0 saturated heterocycles. The Hall–Kier alpha value is -0.620. The maximum atomic E-state index is 11.6. The van der Waals surface area contributed by atoms with E-state index in [0.717, 1.165) is 12.3 Å². The van der Waals surface area contributed by atoms with Gasteiger partial charge in [0.2, 0.25) is 0 Å². The second-order valence-corrected chi connectivity index (χ2v) is 7.35. The number of carbonyl (C=O) groups excluding carboxylic acids is 1. The van der Waals surface area contributed by atoms with E-state index in [1.165, 1.54) is 19.3 Å². The topological polar surface area (TPSA) is 83.5 Å². The number of hydrogen-bond donors (Lipinski definition) is 0. The van der Waals surface area contributed by atoms with Crippen LogP contribution in [0.15, 0.2) is 0 Å². The van der Waals surface area contributed by atoms with Gasteiger partial charge in [-0.2, -0.15) is 0 Å². The summed E-state index contributed by atoms with van der Waals surface area (Å²) in [6.45, 7) is 0.217. The van der Waals surface area contributed by atoms with Crippen molar-refractivity contribution in [3.8, 4) is 0 Å². The Morgan fingerprint density at radius 3 is 2.58 bits per heavy atom. The molecule has 2 saturated carbocycles. The molecule has 3 atom stereocenters. The molecule has 2 bridgehead atoms. The van der Waals surface area contributed by atoms with Gasteiger partial charge < -0.3 is 9.29 Å². The summed E-state index contributed by atoms with van der Waals surface area (Å²) in [6, 6.07) is 0. The van der Waals surface area contributed by atoms with Crippen LogP contribution in [0.3, 0.4) is 0 Å². The smallest absolute Gasteiger partial charge is 0.306 e. The van der Waals surface area contributed by atoms with Crippen LogP contribution in [-0.2, 0) is 19.6 Å². The van der Waals surface area contributed by atoms with Gasteiger partial charge in [0.15, 0.2) is 0 Å². The maximum Gasteiger partial charge on any atom is 0.306 e. The summed E-state index contributed by atoms with van der Waals surface area (Å²) < 4.78 is 36.2. The highest BCUT2D eigenvalue weighted by Crippen LogP contribution is 2.49. The van der Waals surface area contributed by atoms with Gasteiger partial charge in [-0.15, -0.1) is 0 Å². The van der Waals surface area contributed by atoms with Crippen LogP contribution < -0.4 is 0 Å². The number of fused-ring (bicyclic) bond motifs is 2. The van der Waals surface area contributed by atoms with Gasteiger partial charge in [0.05, 0.1) is 16.7 Å². The highest BCUT2D eigenvalue weighted by molar-refractivity contribution is 7.85. The molecular formula is C13H21O5S-. The molecule has 6 heteroatoms. The maximum absolute atomic E-state index is 11.6. The van der Waals surface area contributed by atoms with E-state index < -0.39 is 10.1 Å². The van der Waals surface area contributed by atoms with Crippen molar-refractivity contribution in [1.82, 2.24) is 0 Å². The zero-order valence-corrected chi connectivity index (χ0v) is 11.9. The molecular weight excluding hydrogens is 268 g/mol. The number of unbranched alkanes of at least 4 members (excludes halogenated alkanes) is 1. The summed E-state index contributed by atoms with van der Waals surface area (Å²) in [6.07, 6.45) is 6.20. The standard InChI is InChI=1S/C13H22O5S/c14-13(18-5-1-2-6-19(15,16)17)9-12-8-10-3-4-11(12)7-10/h10-12H,1-9H2,(H,15,16,17)/p-1. The summed E-state index contributed by atoms with van der Waals surface area (Å²) in [5.41, 5.74) is 0. The van der Waals surface area contributed by atoms with Crippen LogP contribution in [0.2, 0.25) is 0 Å². The predicted octanol–water partition coefficient (Wildman–Crippen LogP) is 1.68. The lowest BCUT2D eigenvalue weighted by atomic mass is 9.86. The van der Waals surface area contributed by atoms with E-state index in [1.807, 2.05) is 0 Å². The highest BCUT2D eigenvalue weighted by atomic mass is 32.2. The molecule has 2 aliphatic carbocycles. The van der Waals surface area contributed by atoms with Gasteiger partial charge in [0, 0.05) is 12.2 Å². The third-order valence-electron chi connectivity index (χ3n) is 4.37. The molecule has 0 aliphatic heterocycles. The Labute approximate surface area is 114 Å². The minimum atomic E-state index is -4.14. The highest BCUT2D eigenvalue weighted by Gasteiger charge is 2.40. The van der Waals surface area contributed by atoms with E-state index in [1.54, 1.807) is 0 Å². The molecule has 0 amide bonds. The molecule has 0 spiro atoms. The van der Waals surface area contributed by atoms with Gasteiger partial charge in [-0.25, -0.2) is 8.42 Å². The van der Waals surface area contributed by atoms with Crippen molar-refractivity contribution < 1.29 is 22.5 Å². The van der Waals surface area contributed by atoms with E-state index in [-0.39, 0.29) is 24.7 Å². The minimum absolute atomic E-state index is 0.178. The van der Waals surface area contributed by atoms with Gasteiger partial charge >= 0.3 is 5.97 Å². The third-order valence-corrected chi connectivity index (χ3v) is 5.15. The monoisotopic (exact) mass is 289 g/mol. The van der Waals surface area contributed by atoms with Crippen molar-refractivity contribution in [3.63, 3.8) is 0 Å². The van der Waals surface area contributed by atoms with Crippen LogP contribution in [0.5, 0.6) is 0 Å². The first-order valence-electron chi connectivity index (χ1n) is 7.03. The van der Waals surface area contributed by atoms with Crippen LogP contribution >= 0.6 is 0 Å². The first-order chi connectivity index (χ1) is 8.94.